The Bertz CT molecular complexity index is 173. The Labute approximate surface area is 87.0 Å². The van der Waals surface area contributed by atoms with E-state index in [1.165, 1.54) is 32.6 Å². The lowest BCUT2D eigenvalue weighted by molar-refractivity contribution is 0.170. The molecule has 82 valence electrons. The third-order valence-electron chi connectivity index (χ3n) is 4.06. The van der Waals surface area contributed by atoms with Crippen molar-refractivity contribution in [3.63, 3.8) is 0 Å². The molecule has 0 aromatic heterocycles. The molecule has 0 radical (unpaired) electrons. The highest BCUT2D eigenvalue weighted by Gasteiger charge is 2.34. The van der Waals surface area contributed by atoms with Gasteiger partial charge in [0.25, 0.3) is 0 Å². The molecule has 3 atom stereocenters. The Hall–Kier alpha value is -0.120. The highest BCUT2D eigenvalue weighted by Crippen LogP contribution is 2.26. The van der Waals surface area contributed by atoms with E-state index >= 15 is 0 Å². The van der Waals surface area contributed by atoms with Gasteiger partial charge in [-0.25, -0.2) is 0 Å². The summed E-state index contributed by atoms with van der Waals surface area (Å²) in [5, 5.41) is 10.4. The summed E-state index contributed by atoms with van der Waals surface area (Å²) in [5.41, 5.74) is 0. The maximum atomic E-state index is 3.53. The van der Waals surface area contributed by atoms with Gasteiger partial charge in [-0.2, -0.15) is 0 Å². The second-order valence-corrected chi connectivity index (χ2v) is 4.84. The molecule has 2 rings (SSSR count). The molecular formula is C11H23N3. The fraction of sp³-hybridized carbons (Fsp3) is 1.00. The van der Waals surface area contributed by atoms with Crippen LogP contribution in [0.1, 0.15) is 13.3 Å². The first-order valence-electron chi connectivity index (χ1n) is 5.91. The summed E-state index contributed by atoms with van der Waals surface area (Å²) in [5.74, 6) is 2.55. The minimum Gasteiger partial charge on any atom is -0.316 e. The fourth-order valence-electron chi connectivity index (χ4n) is 2.89. The average Bonchev–Trinajstić information content (AvgIpc) is 2.55. The molecule has 3 unspecified atom stereocenters. The monoisotopic (exact) mass is 197 g/mol. The first kappa shape index (κ1) is 10.4. The highest BCUT2D eigenvalue weighted by atomic mass is 15.0. The van der Waals surface area contributed by atoms with Gasteiger partial charge in [0.05, 0.1) is 0 Å². The van der Waals surface area contributed by atoms with Gasteiger partial charge in [-0.1, -0.05) is 6.92 Å². The Morgan fingerprint density at radius 1 is 1.14 bits per heavy atom. The van der Waals surface area contributed by atoms with E-state index in [0.717, 1.165) is 17.8 Å². The van der Waals surface area contributed by atoms with Crippen LogP contribution < -0.4 is 16.0 Å². The second kappa shape index (κ2) is 4.60. The summed E-state index contributed by atoms with van der Waals surface area (Å²) in [7, 11) is 2.12. The lowest BCUT2D eigenvalue weighted by Gasteiger charge is -2.39. The number of rotatable bonds is 4. The highest BCUT2D eigenvalue weighted by molar-refractivity contribution is 4.91. The molecule has 0 aliphatic carbocycles. The minimum atomic E-state index is 0.706. The van der Waals surface area contributed by atoms with Crippen LogP contribution in [0.3, 0.4) is 0 Å². The largest absolute Gasteiger partial charge is 0.316 e. The van der Waals surface area contributed by atoms with Crippen LogP contribution in [0, 0.1) is 17.8 Å². The molecule has 2 saturated heterocycles. The van der Waals surface area contributed by atoms with Crippen molar-refractivity contribution in [2.45, 2.75) is 19.4 Å². The third kappa shape index (κ3) is 1.95. The van der Waals surface area contributed by atoms with Crippen molar-refractivity contribution in [1.82, 2.24) is 16.0 Å². The molecule has 0 aromatic rings. The standard InChI is InChI=1S/C11H23N3/c1-8(10-6-14-7-10)11(12-2)9-3-4-13-5-9/h8-14H,3-7H2,1-2H3. The zero-order valence-electron chi connectivity index (χ0n) is 9.34. The van der Waals surface area contributed by atoms with Crippen molar-refractivity contribution in [2.75, 3.05) is 33.2 Å². The van der Waals surface area contributed by atoms with Crippen molar-refractivity contribution in [2.24, 2.45) is 17.8 Å². The Kier molecular flexibility index (Phi) is 3.42. The van der Waals surface area contributed by atoms with Crippen LogP contribution in [0.5, 0.6) is 0 Å². The molecule has 14 heavy (non-hydrogen) atoms. The lowest BCUT2D eigenvalue weighted by Crippen LogP contribution is -2.53. The van der Waals surface area contributed by atoms with E-state index in [1.807, 2.05) is 0 Å². The zero-order chi connectivity index (χ0) is 9.97. The molecule has 2 fully saturated rings. The molecule has 0 aromatic carbocycles. The van der Waals surface area contributed by atoms with E-state index in [0.29, 0.717) is 6.04 Å². The summed E-state index contributed by atoms with van der Waals surface area (Å²) in [4.78, 5) is 0. The molecule has 2 aliphatic rings. The SMILES string of the molecule is CNC(C1CCNC1)C(C)C1CNC1. The molecule has 0 spiro atoms. The van der Waals surface area contributed by atoms with Crippen LogP contribution in [-0.2, 0) is 0 Å². The summed E-state index contributed by atoms with van der Waals surface area (Å²) >= 11 is 0. The van der Waals surface area contributed by atoms with E-state index in [4.69, 9.17) is 0 Å². The predicted molar refractivity (Wildman–Crippen MR) is 59.3 cm³/mol. The lowest BCUT2D eigenvalue weighted by atomic mass is 9.78. The van der Waals surface area contributed by atoms with Gasteiger partial charge >= 0.3 is 0 Å². The summed E-state index contributed by atoms with van der Waals surface area (Å²) in [6.07, 6.45) is 1.34. The number of nitrogens with one attached hydrogen (secondary N) is 3. The first-order chi connectivity index (χ1) is 6.83. The van der Waals surface area contributed by atoms with Crippen LogP contribution in [0.15, 0.2) is 0 Å². The van der Waals surface area contributed by atoms with Gasteiger partial charge in [-0.05, 0) is 57.4 Å². The van der Waals surface area contributed by atoms with Gasteiger partial charge in [0.2, 0.25) is 0 Å². The van der Waals surface area contributed by atoms with Crippen LogP contribution >= 0.6 is 0 Å². The van der Waals surface area contributed by atoms with Crippen LogP contribution in [0.4, 0.5) is 0 Å². The average molecular weight is 197 g/mol. The maximum absolute atomic E-state index is 3.53. The summed E-state index contributed by atoms with van der Waals surface area (Å²) in [6, 6.07) is 0.706. The fourth-order valence-corrected chi connectivity index (χ4v) is 2.89. The van der Waals surface area contributed by atoms with Gasteiger partial charge in [0.1, 0.15) is 0 Å². The number of hydrogen-bond donors (Lipinski definition) is 3. The molecule has 0 saturated carbocycles. The second-order valence-electron chi connectivity index (χ2n) is 4.84. The minimum absolute atomic E-state index is 0.706. The molecule has 3 heteroatoms. The molecule has 3 N–H and O–H groups in total. The van der Waals surface area contributed by atoms with Gasteiger partial charge in [-0.15, -0.1) is 0 Å². The van der Waals surface area contributed by atoms with Gasteiger partial charge in [0, 0.05) is 6.04 Å². The van der Waals surface area contributed by atoms with E-state index in [9.17, 15) is 0 Å². The Morgan fingerprint density at radius 2 is 1.86 bits per heavy atom. The quantitative estimate of drug-likeness (QED) is 0.595. The van der Waals surface area contributed by atoms with Crippen molar-refractivity contribution in [3.8, 4) is 0 Å². The van der Waals surface area contributed by atoms with Gasteiger partial charge in [0.15, 0.2) is 0 Å². The first-order valence-corrected chi connectivity index (χ1v) is 5.91. The van der Waals surface area contributed by atoms with E-state index in [-0.39, 0.29) is 0 Å². The number of hydrogen-bond acceptors (Lipinski definition) is 3. The van der Waals surface area contributed by atoms with E-state index in [1.54, 1.807) is 0 Å². The zero-order valence-corrected chi connectivity index (χ0v) is 9.34. The molecule has 0 bridgehead atoms. The molecule has 2 heterocycles. The molecule has 3 nitrogen and oxygen atoms in total. The third-order valence-corrected chi connectivity index (χ3v) is 4.06. The van der Waals surface area contributed by atoms with Gasteiger partial charge < -0.3 is 16.0 Å². The van der Waals surface area contributed by atoms with E-state index < -0.39 is 0 Å². The van der Waals surface area contributed by atoms with Crippen LogP contribution in [0.25, 0.3) is 0 Å². The normalized spacial score (nSPS) is 32.6. The molecule has 0 amide bonds. The van der Waals surface area contributed by atoms with Crippen LogP contribution in [-0.4, -0.2) is 39.3 Å². The van der Waals surface area contributed by atoms with Crippen LogP contribution in [0.2, 0.25) is 0 Å². The molecule has 2 aliphatic heterocycles. The Balaban J connectivity index is 1.89. The summed E-state index contributed by atoms with van der Waals surface area (Å²) in [6.45, 7) is 7.26. The van der Waals surface area contributed by atoms with Crippen molar-refractivity contribution in [1.29, 1.82) is 0 Å². The maximum Gasteiger partial charge on any atom is 0.0134 e. The predicted octanol–water partition coefficient (Wildman–Crippen LogP) is 0.0394. The summed E-state index contributed by atoms with van der Waals surface area (Å²) < 4.78 is 0. The molecular weight excluding hydrogens is 174 g/mol. The Morgan fingerprint density at radius 3 is 2.29 bits per heavy atom. The van der Waals surface area contributed by atoms with E-state index in [2.05, 4.69) is 29.9 Å². The van der Waals surface area contributed by atoms with Crippen molar-refractivity contribution in [3.05, 3.63) is 0 Å². The topological polar surface area (TPSA) is 36.1 Å². The van der Waals surface area contributed by atoms with Gasteiger partial charge in [-0.3, -0.25) is 0 Å². The van der Waals surface area contributed by atoms with Crippen molar-refractivity contribution >= 4 is 0 Å². The van der Waals surface area contributed by atoms with Crippen molar-refractivity contribution < 1.29 is 0 Å². The smallest absolute Gasteiger partial charge is 0.0134 e.